The molecular weight excluding hydrogens is 208 g/mol. The van der Waals surface area contributed by atoms with Crippen molar-refractivity contribution < 1.29 is 0 Å². The SMILES string of the molecule is C=CCCN1CCNC(C)(c2ccccc2)C1. The summed E-state index contributed by atoms with van der Waals surface area (Å²) in [6.07, 6.45) is 3.08. The van der Waals surface area contributed by atoms with Gasteiger partial charge in [-0.2, -0.15) is 0 Å². The predicted molar refractivity (Wildman–Crippen MR) is 73.1 cm³/mol. The zero-order valence-corrected chi connectivity index (χ0v) is 10.7. The zero-order valence-electron chi connectivity index (χ0n) is 10.7. The van der Waals surface area contributed by atoms with Crippen LogP contribution in [-0.4, -0.2) is 31.1 Å². The quantitative estimate of drug-likeness (QED) is 0.799. The largest absolute Gasteiger partial charge is 0.305 e. The maximum absolute atomic E-state index is 3.80. The number of nitrogens with one attached hydrogen (secondary N) is 1. The van der Waals surface area contributed by atoms with E-state index in [1.54, 1.807) is 0 Å². The van der Waals surface area contributed by atoms with Crippen LogP contribution in [0.1, 0.15) is 18.9 Å². The fourth-order valence-electron chi connectivity index (χ4n) is 2.54. The molecule has 17 heavy (non-hydrogen) atoms. The summed E-state index contributed by atoms with van der Waals surface area (Å²) in [5.41, 5.74) is 1.46. The fraction of sp³-hybridized carbons (Fsp3) is 0.467. The first-order chi connectivity index (χ1) is 8.24. The van der Waals surface area contributed by atoms with Gasteiger partial charge in [0.1, 0.15) is 0 Å². The molecule has 1 aromatic carbocycles. The summed E-state index contributed by atoms with van der Waals surface area (Å²) in [6, 6.07) is 10.7. The van der Waals surface area contributed by atoms with Crippen LogP contribution < -0.4 is 5.32 Å². The Morgan fingerprint density at radius 3 is 2.88 bits per heavy atom. The lowest BCUT2D eigenvalue weighted by atomic mass is 9.89. The molecule has 1 aromatic rings. The summed E-state index contributed by atoms with van der Waals surface area (Å²) in [4.78, 5) is 2.52. The van der Waals surface area contributed by atoms with E-state index in [-0.39, 0.29) is 5.54 Å². The van der Waals surface area contributed by atoms with Gasteiger partial charge in [-0.05, 0) is 18.9 Å². The zero-order chi connectivity index (χ0) is 12.1. The molecule has 2 nitrogen and oxygen atoms in total. The smallest absolute Gasteiger partial charge is 0.0535 e. The molecule has 0 spiro atoms. The molecule has 0 amide bonds. The number of piperazine rings is 1. The average Bonchev–Trinajstić information content (AvgIpc) is 2.38. The number of nitrogens with zero attached hydrogens (tertiary/aromatic N) is 1. The molecular formula is C15H22N2. The van der Waals surface area contributed by atoms with Crippen LogP contribution in [0, 0.1) is 0 Å². The molecule has 1 aliphatic rings. The molecule has 1 aliphatic heterocycles. The fourth-order valence-corrected chi connectivity index (χ4v) is 2.54. The van der Waals surface area contributed by atoms with E-state index in [0.29, 0.717) is 0 Å². The molecule has 0 aliphatic carbocycles. The van der Waals surface area contributed by atoms with E-state index in [4.69, 9.17) is 0 Å². The highest BCUT2D eigenvalue weighted by Crippen LogP contribution is 2.24. The van der Waals surface area contributed by atoms with Crippen molar-refractivity contribution >= 4 is 0 Å². The van der Waals surface area contributed by atoms with Crippen molar-refractivity contribution in [1.82, 2.24) is 10.2 Å². The topological polar surface area (TPSA) is 15.3 Å². The molecule has 0 radical (unpaired) electrons. The van der Waals surface area contributed by atoms with Gasteiger partial charge >= 0.3 is 0 Å². The van der Waals surface area contributed by atoms with Gasteiger partial charge in [-0.25, -0.2) is 0 Å². The summed E-state index contributed by atoms with van der Waals surface area (Å²) in [5.74, 6) is 0. The van der Waals surface area contributed by atoms with Gasteiger partial charge in [0, 0.05) is 26.2 Å². The number of hydrogen-bond acceptors (Lipinski definition) is 2. The minimum Gasteiger partial charge on any atom is -0.305 e. The Morgan fingerprint density at radius 2 is 2.18 bits per heavy atom. The summed E-state index contributed by atoms with van der Waals surface area (Å²) < 4.78 is 0. The first-order valence-corrected chi connectivity index (χ1v) is 6.38. The van der Waals surface area contributed by atoms with E-state index >= 15 is 0 Å². The third kappa shape index (κ3) is 2.96. The monoisotopic (exact) mass is 230 g/mol. The van der Waals surface area contributed by atoms with Crippen molar-refractivity contribution in [3.8, 4) is 0 Å². The van der Waals surface area contributed by atoms with Gasteiger partial charge in [0.25, 0.3) is 0 Å². The Labute approximate surface area is 104 Å². The molecule has 0 aromatic heterocycles. The normalized spacial score (nSPS) is 25.7. The van der Waals surface area contributed by atoms with Gasteiger partial charge in [0.2, 0.25) is 0 Å². The van der Waals surface area contributed by atoms with Gasteiger partial charge in [0.15, 0.2) is 0 Å². The lowest BCUT2D eigenvalue weighted by Gasteiger charge is -2.42. The second kappa shape index (κ2) is 5.48. The van der Waals surface area contributed by atoms with E-state index < -0.39 is 0 Å². The summed E-state index contributed by atoms with van der Waals surface area (Å²) >= 11 is 0. The highest BCUT2D eigenvalue weighted by molar-refractivity contribution is 5.24. The van der Waals surface area contributed by atoms with Crippen LogP contribution >= 0.6 is 0 Å². The second-order valence-corrected chi connectivity index (χ2v) is 4.98. The molecule has 2 rings (SSSR count). The van der Waals surface area contributed by atoms with Crippen molar-refractivity contribution in [1.29, 1.82) is 0 Å². The highest BCUT2D eigenvalue weighted by Gasteiger charge is 2.31. The van der Waals surface area contributed by atoms with Gasteiger partial charge in [0.05, 0.1) is 5.54 Å². The lowest BCUT2D eigenvalue weighted by molar-refractivity contribution is 0.145. The predicted octanol–water partition coefficient (Wildman–Crippen LogP) is 2.38. The van der Waals surface area contributed by atoms with Crippen LogP contribution in [-0.2, 0) is 5.54 Å². The van der Waals surface area contributed by atoms with Crippen molar-refractivity contribution in [2.75, 3.05) is 26.2 Å². The maximum Gasteiger partial charge on any atom is 0.0535 e. The van der Waals surface area contributed by atoms with Gasteiger partial charge in [-0.15, -0.1) is 6.58 Å². The molecule has 0 saturated carbocycles. The first kappa shape index (κ1) is 12.3. The van der Waals surface area contributed by atoms with Gasteiger partial charge in [-0.3, -0.25) is 4.90 Å². The molecule has 2 heteroatoms. The number of hydrogen-bond donors (Lipinski definition) is 1. The van der Waals surface area contributed by atoms with E-state index in [1.165, 1.54) is 5.56 Å². The van der Waals surface area contributed by atoms with E-state index in [0.717, 1.165) is 32.6 Å². The molecule has 1 unspecified atom stereocenters. The minimum absolute atomic E-state index is 0.0840. The molecule has 1 atom stereocenters. The molecule has 1 fully saturated rings. The van der Waals surface area contributed by atoms with Crippen molar-refractivity contribution in [3.05, 3.63) is 48.6 Å². The number of rotatable bonds is 4. The Hall–Kier alpha value is -1.12. The second-order valence-electron chi connectivity index (χ2n) is 4.98. The van der Waals surface area contributed by atoms with Crippen LogP contribution in [0.3, 0.4) is 0 Å². The van der Waals surface area contributed by atoms with Crippen molar-refractivity contribution in [2.24, 2.45) is 0 Å². The Morgan fingerprint density at radius 1 is 1.41 bits per heavy atom. The third-order valence-electron chi connectivity index (χ3n) is 3.54. The van der Waals surface area contributed by atoms with Crippen LogP contribution in [0.25, 0.3) is 0 Å². The Balaban J connectivity index is 2.07. The minimum atomic E-state index is 0.0840. The Bertz CT molecular complexity index is 360. The highest BCUT2D eigenvalue weighted by atomic mass is 15.2. The van der Waals surface area contributed by atoms with Gasteiger partial charge in [-0.1, -0.05) is 36.4 Å². The summed E-state index contributed by atoms with van der Waals surface area (Å²) in [5, 5.41) is 3.65. The van der Waals surface area contributed by atoms with E-state index in [9.17, 15) is 0 Å². The van der Waals surface area contributed by atoms with Gasteiger partial charge < -0.3 is 5.32 Å². The van der Waals surface area contributed by atoms with Crippen LogP contribution in [0.4, 0.5) is 0 Å². The van der Waals surface area contributed by atoms with Crippen LogP contribution in [0.2, 0.25) is 0 Å². The van der Waals surface area contributed by atoms with Crippen molar-refractivity contribution in [3.63, 3.8) is 0 Å². The van der Waals surface area contributed by atoms with Crippen LogP contribution in [0.5, 0.6) is 0 Å². The number of benzene rings is 1. The third-order valence-corrected chi connectivity index (χ3v) is 3.54. The average molecular weight is 230 g/mol. The molecule has 1 heterocycles. The first-order valence-electron chi connectivity index (χ1n) is 6.38. The van der Waals surface area contributed by atoms with E-state index in [1.807, 2.05) is 6.08 Å². The maximum atomic E-state index is 3.80. The van der Waals surface area contributed by atoms with Crippen molar-refractivity contribution in [2.45, 2.75) is 18.9 Å². The summed E-state index contributed by atoms with van der Waals surface area (Å²) in [7, 11) is 0. The van der Waals surface area contributed by atoms with Crippen LogP contribution in [0.15, 0.2) is 43.0 Å². The summed E-state index contributed by atoms with van der Waals surface area (Å²) in [6.45, 7) is 10.5. The lowest BCUT2D eigenvalue weighted by Crippen LogP contribution is -2.56. The van der Waals surface area contributed by atoms with E-state index in [2.05, 4.69) is 54.1 Å². The molecule has 1 saturated heterocycles. The Kier molecular flexibility index (Phi) is 3.97. The molecule has 92 valence electrons. The molecule has 0 bridgehead atoms. The standard InChI is InChI=1S/C15H22N2/c1-3-4-11-17-12-10-16-15(2,13-17)14-8-6-5-7-9-14/h3,5-9,16H,1,4,10-13H2,2H3. The molecule has 1 N–H and O–H groups in total.